The van der Waals surface area contributed by atoms with Gasteiger partial charge in [-0.15, -0.1) is 0 Å². The predicted molar refractivity (Wildman–Crippen MR) is 74.7 cm³/mol. The van der Waals surface area contributed by atoms with Crippen LogP contribution in [0.15, 0.2) is 28.0 Å². The quantitative estimate of drug-likeness (QED) is 0.784. The van der Waals surface area contributed by atoms with Gasteiger partial charge in [-0.2, -0.15) is 4.31 Å². The Hall–Kier alpha value is -1.18. The van der Waals surface area contributed by atoms with Gasteiger partial charge in [0.05, 0.1) is 4.90 Å². The molecule has 7 heteroatoms. The molecule has 1 heterocycles. The summed E-state index contributed by atoms with van der Waals surface area (Å²) in [6.07, 6.45) is 2.01. The smallest absolute Gasteiger partial charge is 0.247 e. The van der Waals surface area contributed by atoms with Gasteiger partial charge in [0.25, 0.3) is 0 Å². The Labute approximate surface area is 114 Å². The third-order valence-electron chi connectivity index (χ3n) is 2.76. The van der Waals surface area contributed by atoms with Crippen LogP contribution >= 0.6 is 0 Å². The summed E-state index contributed by atoms with van der Waals surface area (Å²) in [5, 5.41) is 0. The largest absolute Gasteiger partial charge is 0.328 e. The van der Waals surface area contributed by atoms with E-state index in [1.807, 2.05) is 19.0 Å². The highest BCUT2D eigenvalue weighted by atomic mass is 32.2. The Morgan fingerprint density at radius 1 is 1.21 bits per heavy atom. The van der Waals surface area contributed by atoms with Crippen LogP contribution in [0, 0.1) is 0 Å². The van der Waals surface area contributed by atoms with E-state index in [1.165, 1.54) is 22.6 Å². The second-order valence-corrected chi connectivity index (χ2v) is 6.48. The van der Waals surface area contributed by atoms with Crippen molar-refractivity contribution in [2.75, 3.05) is 33.7 Å². The second-order valence-electron chi connectivity index (χ2n) is 4.54. The summed E-state index contributed by atoms with van der Waals surface area (Å²) >= 11 is 0. The molecule has 0 unspecified atom stereocenters. The molecule has 0 aliphatic rings. The van der Waals surface area contributed by atoms with E-state index in [4.69, 9.17) is 0 Å². The van der Waals surface area contributed by atoms with Crippen molar-refractivity contribution in [2.45, 2.75) is 18.2 Å². The van der Waals surface area contributed by atoms with Gasteiger partial charge in [0.1, 0.15) is 0 Å². The number of H-pyrrole nitrogens is 1. The highest BCUT2D eigenvalue weighted by Gasteiger charge is 2.22. The summed E-state index contributed by atoms with van der Waals surface area (Å²) in [5.74, 6) is 0. The van der Waals surface area contributed by atoms with Gasteiger partial charge in [0, 0.05) is 25.4 Å². The third-order valence-corrected chi connectivity index (χ3v) is 4.73. The zero-order valence-corrected chi connectivity index (χ0v) is 12.4. The molecule has 1 aromatic rings. The van der Waals surface area contributed by atoms with Gasteiger partial charge in [-0.25, -0.2) is 8.42 Å². The fourth-order valence-corrected chi connectivity index (χ4v) is 3.17. The molecule has 0 amide bonds. The molecule has 0 saturated heterocycles. The van der Waals surface area contributed by atoms with Crippen LogP contribution in [0.2, 0.25) is 0 Å². The minimum absolute atomic E-state index is 0.124. The molecule has 0 saturated carbocycles. The van der Waals surface area contributed by atoms with Gasteiger partial charge >= 0.3 is 0 Å². The lowest BCUT2D eigenvalue weighted by molar-refractivity contribution is 0.356. The second kappa shape index (κ2) is 6.83. The summed E-state index contributed by atoms with van der Waals surface area (Å²) in [7, 11) is 0.381. The monoisotopic (exact) mass is 287 g/mol. The maximum absolute atomic E-state index is 12.3. The molecule has 0 spiro atoms. The van der Waals surface area contributed by atoms with E-state index in [0.29, 0.717) is 13.1 Å². The van der Waals surface area contributed by atoms with E-state index in [9.17, 15) is 13.2 Å². The molecule has 0 atom stereocenters. The van der Waals surface area contributed by atoms with Crippen LogP contribution in [-0.2, 0) is 10.0 Å². The van der Waals surface area contributed by atoms with E-state index in [1.54, 1.807) is 6.92 Å². The lowest BCUT2D eigenvalue weighted by atomic mass is 10.4. The van der Waals surface area contributed by atoms with Gasteiger partial charge in [-0.1, -0.05) is 6.92 Å². The molecule has 19 heavy (non-hydrogen) atoms. The van der Waals surface area contributed by atoms with Gasteiger partial charge in [0.2, 0.25) is 15.6 Å². The fourth-order valence-electron chi connectivity index (χ4n) is 1.72. The Kier molecular flexibility index (Phi) is 5.71. The van der Waals surface area contributed by atoms with E-state index >= 15 is 0 Å². The van der Waals surface area contributed by atoms with Crippen molar-refractivity contribution in [3.63, 3.8) is 0 Å². The summed E-state index contributed by atoms with van der Waals surface area (Å²) in [5.41, 5.74) is -0.311. The lowest BCUT2D eigenvalue weighted by Gasteiger charge is -2.21. The number of hydrogen-bond acceptors (Lipinski definition) is 4. The topological polar surface area (TPSA) is 73.5 Å². The summed E-state index contributed by atoms with van der Waals surface area (Å²) in [4.78, 5) is 15.5. The Morgan fingerprint density at radius 3 is 2.37 bits per heavy atom. The molecular weight excluding hydrogens is 266 g/mol. The van der Waals surface area contributed by atoms with Gasteiger partial charge in [-0.05, 0) is 33.1 Å². The highest BCUT2D eigenvalue weighted by molar-refractivity contribution is 7.89. The first-order valence-corrected chi connectivity index (χ1v) is 7.65. The number of aromatic amines is 1. The van der Waals surface area contributed by atoms with Gasteiger partial charge in [-0.3, -0.25) is 4.79 Å². The van der Waals surface area contributed by atoms with Crippen molar-refractivity contribution in [1.82, 2.24) is 14.2 Å². The number of rotatable bonds is 7. The summed E-state index contributed by atoms with van der Waals surface area (Å²) < 4.78 is 26.1. The normalized spacial score (nSPS) is 12.3. The standard InChI is InChI=1S/C12H21N3O3S/c1-4-15(9-5-8-14(2)3)19(17,18)11-6-7-12(16)13-10-11/h6-7,10H,4-5,8-9H2,1-3H3,(H,13,16). The van der Waals surface area contributed by atoms with Crippen LogP contribution in [0.3, 0.4) is 0 Å². The molecular formula is C12H21N3O3S. The maximum atomic E-state index is 12.3. The van der Waals surface area contributed by atoms with Crippen molar-refractivity contribution in [1.29, 1.82) is 0 Å². The van der Waals surface area contributed by atoms with Crippen LogP contribution in [-0.4, -0.2) is 56.3 Å². The SMILES string of the molecule is CCN(CCCN(C)C)S(=O)(=O)c1ccc(=O)[nH]c1. The third kappa shape index (κ3) is 4.45. The number of aromatic nitrogens is 1. The predicted octanol–water partition coefficient (Wildman–Crippen LogP) is 0.337. The molecule has 0 fully saturated rings. The number of nitrogens with zero attached hydrogens (tertiary/aromatic N) is 2. The molecule has 0 radical (unpaired) electrons. The van der Waals surface area contributed by atoms with Crippen molar-refractivity contribution >= 4 is 10.0 Å². The van der Waals surface area contributed by atoms with Crippen LogP contribution in [0.5, 0.6) is 0 Å². The fraction of sp³-hybridized carbons (Fsp3) is 0.583. The molecule has 0 aromatic carbocycles. The molecule has 1 N–H and O–H groups in total. The van der Waals surface area contributed by atoms with Crippen molar-refractivity contribution in [3.8, 4) is 0 Å². The first-order valence-electron chi connectivity index (χ1n) is 6.21. The number of nitrogens with one attached hydrogen (secondary N) is 1. The van der Waals surface area contributed by atoms with E-state index < -0.39 is 10.0 Å². The highest BCUT2D eigenvalue weighted by Crippen LogP contribution is 2.13. The summed E-state index contributed by atoms with van der Waals surface area (Å²) in [6.45, 7) is 3.52. The molecule has 6 nitrogen and oxygen atoms in total. The molecule has 0 aliphatic carbocycles. The van der Waals surface area contributed by atoms with Crippen LogP contribution in [0.1, 0.15) is 13.3 Å². The van der Waals surface area contributed by atoms with Crippen LogP contribution < -0.4 is 5.56 Å². The van der Waals surface area contributed by atoms with Gasteiger partial charge < -0.3 is 9.88 Å². The average molecular weight is 287 g/mol. The number of hydrogen-bond donors (Lipinski definition) is 1. The van der Waals surface area contributed by atoms with Crippen LogP contribution in [0.4, 0.5) is 0 Å². The van der Waals surface area contributed by atoms with Crippen molar-refractivity contribution < 1.29 is 8.42 Å². The minimum Gasteiger partial charge on any atom is -0.328 e. The summed E-state index contributed by atoms with van der Waals surface area (Å²) in [6, 6.07) is 2.56. The average Bonchev–Trinajstić information content (AvgIpc) is 2.34. The zero-order chi connectivity index (χ0) is 14.5. The van der Waals surface area contributed by atoms with E-state index in [2.05, 4.69) is 4.98 Å². The molecule has 108 valence electrons. The van der Waals surface area contributed by atoms with E-state index in [-0.39, 0.29) is 10.5 Å². The Morgan fingerprint density at radius 2 is 1.89 bits per heavy atom. The van der Waals surface area contributed by atoms with Crippen molar-refractivity contribution in [2.24, 2.45) is 0 Å². The molecule has 0 bridgehead atoms. The Bertz CT molecular complexity index is 531. The molecule has 1 rings (SSSR count). The Balaban J connectivity index is 2.83. The van der Waals surface area contributed by atoms with Crippen LogP contribution in [0.25, 0.3) is 0 Å². The van der Waals surface area contributed by atoms with Gasteiger partial charge in [0.15, 0.2) is 0 Å². The van der Waals surface area contributed by atoms with Crippen molar-refractivity contribution in [3.05, 3.63) is 28.7 Å². The minimum atomic E-state index is -3.52. The van der Waals surface area contributed by atoms with E-state index in [0.717, 1.165) is 13.0 Å². The zero-order valence-electron chi connectivity index (χ0n) is 11.6. The molecule has 1 aromatic heterocycles. The number of sulfonamides is 1. The number of pyridine rings is 1. The first-order chi connectivity index (χ1) is 8.87. The first kappa shape index (κ1) is 15.9. The maximum Gasteiger partial charge on any atom is 0.247 e. The lowest BCUT2D eigenvalue weighted by Crippen LogP contribution is -2.33. The molecule has 0 aliphatic heterocycles.